The van der Waals surface area contributed by atoms with Crippen LogP contribution in [0.3, 0.4) is 0 Å². The molecule has 1 heterocycles. The second-order valence-electron chi connectivity index (χ2n) is 7.18. The zero-order valence-corrected chi connectivity index (χ0v) is 16.8. The van der Waals surface area contributed by atoms with Gasteiger partial charge in [0.15, 0.2) is 0 Å². The van der Waals surface area contributed by atoms with Crippen molar-refractivity contribution in [1.82, 2.24) is 10.3 Å². The average molecular weight is 396 g/mol. The van der Waals surface area contributed by atoms with Crippen molar-refractivity contribution in [3.05, 3.63) is 108 Å². The number of amides is 1. The molecule has 4 heteroatoms. The number of carbonyl (C=O) groups is 1. The number of aromatic nitrogens is 1. The third-order valence-corrected chi connectivity index (χ3v) is 4.96. The van der Waals surface area contributed by atoms with Crippen molar-refractivity contribution < 1.29 is 9.53 Å². The number of nitrogens with one attached hydrogen (secondary N) is 1. The molecular weight excluding hydrogens is 372 g/mol. The van der Waals surface area contributed by atoms with Gasteiger partial charge < -0.3 is 10.1 Å². The number of pyridine rings is 1. The molecule has 0 unspecified atom stereocenters. The van der Waals surface area contributed by atoms with Gasteiger partial charge in [0, 0.05) is 23.7 Å². The normalized spacial score (nSPS) is 10.7. The van der Waals surface area contributed by atoms with Crippen molar-refractivity contribution in [2.24, 2.45) is 0 Å². The van der Waals surface area contributed by atoms with E-state index in [9.17, 15) is 4.79 Å². The number of carbonyl (C=O) groups excluding carboxylic acids is 1. The summed E-state index contributed by atoms with van der Waals surface area (Å²) in [5, 5.41) is 3.93. The molecule has 0 aliphatic heterocycles. The minimum atomic E-state index is -0.0954. The van der Waals surface area contributed by atoms with Crippen LogP contribution < -0.4 is 10.1 Å². The molecule has 4 nitrogen and oxygen atoms in total. The summed E-state index contributed by atoms with van der Waals surface area (Å²) in [6.07, 6.45) is 3.73. The SMILES string of the molecule is O=C(NCc1ccc(OCCCc2ccccc2)cc1)c1ccc2ncccc2c1. The summed E-state index contributed by atoms with van der Waals surface area (Å²) in [5.74, 6) is 0.752. The molecule has 4 rings (SSSR count). The molecule has 0 bridgehead atoms. The van der Waals surface area contributed by atoms with Crippen LogP contribution in [0.1, 0.15) is 27.9 Å². The summed E-state index contributed by atoms with van der Waals surface area (Å²) >= 11 is 0. The molecule has 0 spiro atoms. The molecule has 1 aromatic heterocycles. The quantitative estimate of drug-likeness (QED) is 0.418. The van der Waals surface area contributed by atoms with Crippen LogP contribution in [0.4, 0.5) is 0 Å². The summed E-state index contributed by atoms with van der Waals surface area (Å²) in [5.41, 5.74) is 3.87. The smallest absolute Gasteiger partial charge is 0.251 e. The summed E-state index contributed by atoms with van der Waals surface area (Å²) in [7, 11) is 0. The molecule has 4 aromatic rings. The van der Waals surface area contributed by atoms with Gasteiger partial charge in [0.25, 0.3) is 5.91 Å². The minimum Gasteiger partial charge on any atom is -0.494 e. The van der Waals surface area contributed by atoms with Crippen molar-refractivity contribution in [1.29, 1.82) is 0 Å². The van der Waals surface area contributed by atoms with Gasteiger partial charge in [-0.1, -0.05) is 48.5 Å². The van der Waals surface area contributed by atoms with Crippen LogP contribution in [-0.4, -0.2) is 17.5 Å². The van der Waals surface area contributed by atoms with Gasteiger partial charge in [-0.2, -0.15) is 0 Å². The van der Waals surface area contributed by atoms with E-state index in [1.807, 2.05) is 54.6 Å². The molecule has 0 radical (unpaired) electrons. The predicted molar refractivity (Wildman–Crippen MR) is 120 cm³/mol. The van der Waals surface area contributed by atoms with Gasteiger partial charge in [-0.25, -0.2) is 0 Å². The number of benzene rings is 3. The van der Waals surface area contributed by atoms with Crippen molar-refractivity contribution in [3.63, 3.8) is 0 Å². The van der Waals surface area contributed by atoms with E-state index in [1.165, 1.54) is 5.56 Å². The largest absolute Gasteiger partial charge is 0.494 e. The Bertz CT molecular complexity index is 1110. The molecule has 0 saturated heterocycles. The lowest BCUT2D eigenvalue weighted by molar-refractivity contribution is 0.0951. The van der Waals surface area contributed by atoms with E-state index >= 15 is 0 Å². The lowest BCUT2D eigenvalue weighted by atomic mass is 10.1. The van der Waals surface area contributed by atoms with Crippen molar-refractivity contribution in [2.75, 3.05) is 6.61 Å². The standard InChI is InChI=1S/C26H24N2O2/c29-26(23-12-15-25-22(18-23)9-4-16-27-25)28-19-21-10-13-24(14-11-21)30-17-5-8-20-6-2-1-3-7-20/h1-4,6-7,9-16,18H,5,8,17,19H2,(H,28,29). The highest BCUT2D eigenvalue weighted by Crippen LogP contribution is 2.15. The highest BCUT2D eigenvalue weighted by molar-refractivity contribution is 5.97. The monoisotopic (exact) mass is 396 g/mol. The van der Waals surface area contributed by atoms with Gasteiger partial charge in [-0.15, -0.1) is 0 Å². The number of nitrogens with zero attached hydrogens (tertiary/aromatic N) is 1. The highest BCUT2D eigenvalue weighted by Gasteiger charge is 2.07. The van der Waals surface area contributed by atoms with E-state index in [2.05, 4.69) is 34.6 Å². The van der Waals surface area contributed by atoms with Crippen molar-refractivity contribution in [2.45, 2.75) is 19.4 Å². The van der Waals surface area contributed by atoms with Crippen LogP contribution in [0.25, 0.3) is 10.9 Å². The molecule has 0 atom stereocenters. The molecular formula is C26H24N2O2. The van der Waals surface area contributed by atoms with Gasteiger partial charge in [-0.3, -0.25) is 9.78 Å². The van der Waals surface area contributed by atoms with Crippen LogP contribution in [0.5, 0.6) is 5.75 Å². The minimum absolute atomic E-state index is 0.0954. The maximum absolute atomic E-state index is 12.5. The molecule has 150 valence electrons. The van der Waals surface area contributed by atoms with Crippen LogP contribution >= 0.6 is 0 Å². The number of fused-ring (bicyclic) bond motifs is 1. The van der Waals surface area contributed by atoms with E-state index in [4.69, 9.17) is 4.74 Å². The average Bonchev–Trinajstić information content (AvgIpc) is 2.81. The van der Waals surface area contributed by atoms with E-state index in [0.29, 0.717) is 18.7 Å². The zero-order chi connectivity index (χ0) is 20.6. The molecule has 0 saturated carbocycles. The Balaban J connectivity index is 1.24. The molecule has 0 aliphatic rings. The number of ether oxygens (including phenoxy) is 1. The Labute approximate surface area is 176 Å². The van der Waals surface area contributed by atoms with Gasteiger partial charge >= 0.3 is 0 Å². The Kier molecular flexibility index (Phi) is 6.35. The number of hydrogen-bond acceptors (Lipinski definition) is 3. The Hall–Kier alpha value is -3.66. The maximum Gasteiger partial charge on any atom is 0.251 e. The van der Waals surface area contributed by atoms with Crippen LogP contribution in [0.2, 0.25) is 0 Å². The first-order valence-corrected chi connectivity index (χ1v) is 10.2. The predicted octanol–water partition coefficient (Wildman–Crippen LogP) is 5.18. The van der Waals surface area contributed by atoms with Gasteiger partial charge in [-0.05, 0) is 60.4 Å². The van der Waals surface area contributed by atoms with E-state index < -0.39 is 0 Å². The highest BCUT2D eigenvalue weighted by atomic mass is 16.5. The van der Waals surface area contributed by atoms with E-state index in [-0.39, 0.29) is 5.91 Å². The fraction of sp³-hybridized carbons (Fsp3) is 0.154. The number of rotatable bonds is 8. The number of aryl methyl sites for hydroxylation is 1. The zero-order valence-electron chi connectivity index (χ0n) is 16.8. The van der Waals surface area contributed by atoms with Crippen molar-refractivity contribution in [3.8, 4) is 5.75 Å². The van der Waals surface area contributed by atoms with Gasteiger partial charge in [0.2, 0.25) is 0 Å². The topological polar surface area (TPSA) is 51.2 Å². The summed E-state index contributed by atoms with van der Waals surface area (Å²) < 4.78 is 5.83. The Morgan fingerprint density at radius 1 is 0.867 bits per heavy atom. The van der Waals surface area contributed by atoms with Crippen molar-refractivity contribution >= 4 is 16.8 Å². The van der Waals surface area contributed by atoms with E-state index in [0.717, 1.165) is 35.1 Å². The molecule has 0 fully saturated rings. The fourth-order valence-electron chi connectivity index (χ4n) is 3.32. The van der Waals surface area contributed by atoms with Crippen LogP contribution in [0.15, 0.2) is 91.1 Å². The third-order valence-electron chi connectivity index (χ3n) is 4.96. The van der Waals surface area contributed by atoms with Gasteiger partial charge in [0.1, 0.15) is 5.75 Å². The molecule has 1 N–H and O–H groups in total. The van der Waals surface area contributed by atoms with Gasteiger partial charge in [0.05, 0.1) is 12.1 Å². The maximum atomic E-state index is 12.5. The first kappa shape index (κ1) is 19.6. The molecule has 1 amide bonds. The first-order valence-electron chi connectivity index (χ1n) is 10.2. The fourth-order valence-corrected chi connectivity index (χ4v) is 3.32. The van der Waals surface area contributed by atoms with Crippen LogP contribution in [0, 0.1) is 0 Å². The molecule has 0 aliphatic carbocycles. The second-order valence-corrected chi connectivity index (χ2v) is 7.18. The Morgan fingerprint density at radius 3 is 2.53 bits per heavy atom. The third kappa shape index (κ3) is 5.23. The number of hydrogen-bond donors (Lipinski definition) is 1. The Morgan fingerprint density at radius 2 is 1.70 bits per heavy atom. The van der Waals surface area contributed by atoms with E-state index in [1.54, 1.807) is 12.3 Å². The second kappa shape index (κ2) is 9.70. The summed E-state index contributed by atoms with van der Waals surface area (Å²) in [6, 6.07) is 27.7. The summed E-state index contributed by atoms with van der Waals surface area (Å²) in [4.78, 5) is 16.7. The lowest BCUT2D eigenvalue weighted by Gasteiger charge is -2.09. The van der Waals surface area contributed by atoms with Crippen LogP contribution in [-0.2, 0) is 13.0 Å². The molecule has 3 aromatic carbocycles. The molecule has 30 heavy (non-hydrogen) atoms. The first-order chi connectivity index (χ1) is 14.8. The summed E-state index contributed by atoms with van der Waals surface area (Å²) in [6.45, 7) is 1.15. The lowest BCUT2D eigenvalue weighted by Crippen LogP contribution is -2.22.